The minimum atomic E-state index is 0.00375. The zero-order chi connectivity index (χ0) is 12.4. The molecule has 0 aromatic rings. The Labute approximate surface area is 102 Å². The number of rotatable bonds is 10. The molecule has 16 heavy (non-hydrogen) atoms. The molecular weight excluding hydrogens is 200 g/mol. The summed E-state index contributed by atoms with van der Waals surface area (Å²) in [5, 5.41) is 0. The maximum absolute atomic E-state index is 5.56. The van der Waals surface area contributed by atoms with Crippen LogP contribution in [0, 0.1) is 11.8 Å². The Morgan fingerprint density at radius 2 is 1.44 bits per heavy atom. The van der Waals surface area contributed by atoms with Crippen molar-refractivity contribution >= 4 is 0 Å². The van der Waals surface area contributed by atoms with Gasteiger partial charge in [-0.1, -0.05) is 40.0 Å². The van der Waals surface area contributed by atoms with Crippen molar-refractivity contribution in [2.75, 3.05) is 13.2 Å². The van der Waals surface area contributed by atoms with Crippen LogP contribution in [0.5, 0.6) is 0 Å². The summed E-state index contributed by atoms with van der Waals surface area (Å²) >= 11 is 0. The molecule has 98 valence electrons. The summed E-state index contributed by atoms with van der Waals surface area (Å²) in [7, 11) is 0. The van der Waals surface area contributed by atoms with Gasteiger partial charge in [0.1, 0.15) is 0 Å². The Hall–Kier alpha value is -0.0800. The van der Waals surface area contributed by atoms with Crippen LogP contribution in [0.4, 0.5) is 0 Å². The molecule has 0 fully saturated rings. The SMILES string of the molecule is CCOC(CC(C)CCCC(C)C)OCC. The Bertz CT molecular complexity index is 140. The van der Waals surface area contributed by atoms with Gasteiger partial charge in [0.25, 0.3) is 0 Å². The van der Waals surface area contributed by atoms with Gasteiger partial charge in [-0.25, -0.2) is 0 Å². The van der Waals surface area contributed by atoms with Gasteiger partial charge in [-0.15, -0.1) is 0 Å². The minimum Gasteiger partial charge on any atom is -0.353 e. The van der Waals surface area contributed by atoms with E-state index < -0.39 is 0 Å². The monoisotopic (exact) mass is 230 g/mol. The maximum atomic E-state index is 5.56. The highest BCUT2D eigenvalue weighted by atomic mass is 16.7. The molecule has 0 aliphatic heterocycles. The number of ether oxygens (including phenoxy) is 2. The van der Waals surface area contributed by atoms with Crippen LogP contribution in [0.2, 0.25) is 0 Å². The molecule has 0 saturated heterocycles. The van der Waals surface area contributed by atoms with E-state index >= 15 is 0 Å². The summed E-state index contributed by atoms with van der Waals surface area (Å²) in [6, 6.07) is 0. The first-order chi connectivity index (χ1) is 7.60. The highest BCUT2D eigenvalue weighted by molar-refractivity contribution is 4.58. The average Bonchev–Trinajstić information content (AvgIpc) is 2.17. The lowest BCUT2D eigenvalue weighted by Crippen LogP contribution is -2.20. The topological polar surface area (TPSA) is 18.5 Å². The maximum Gasteiger partial charge on any atom is 0.157 e. The molecule has 0 aliphatic carbocycles. The summed E-state index contributed by atoms with van der Waals surface area (Å²) in [6.07, 6.45) is 4.97. The second kappa shape index (κ2) is 10.1. The van der Waals surface area contributed by atoms with Crippen LogP contribution in [0.1, 0.15) is 60.3 Å². The van der Waals surface area contributed by atoms with Gasteiger partial charge in [0.2, 0.25) is 0 Å². The fourth-order valence-corrected chi connectivity index (χ4v) is 1.88. The predicted octanol–water partition coefficient (Wildman–Crippen LogP) is 4.24. The molecule has 0 bridgehead atoms. The summed E-state index contributed by atoms with van der Waals surface area (Å²) < 4.78 is 11.1. The summed E-state index contributed by atoms with van der Waals surface area (Å²) in [4.78, 5) is 0. The van der Waals surface area contributed by atoms with Crippen LogP contribution in [-0.4, -0.2) is 19.5 Å². The van der Waals surface area contributed by atoms with E-state index in [0.29, 0.717) is 5.92 Å². The molecule has 2 nitrogen and oxygen atoms in total. The molecule has 0 spiro atoms. The molecule has 0 radical (unpaired) electrons. The molecule has 0 heterocycles. The van der Waals surface area contributed by atoms with Gasteiger partial charge in [-0.05, 0) is 25.7 Å². The minimum absolute atomic E-state index is 0.00375. The molecule has 1 atom stereocenters. The van der Waals surface area contributed by atoms with Gasteiger partial charge in [0, 0.05) is 19.6 Å². The van der Waals surface area contributed by atoms with E-state index in [1.807, 2.05) is 13.8 Å². The molecule has 0 amide bonds. The first-order valence-electron chi connectivity index (χ1n) is 6.83. The lowest BCUT2D eigenvalue weighted by atomic mass is 9.97. The van der Waals surface area contributed by atoms with E-state index in [4.69, 9.17) is 9.47 Å². The molecule has 0 N–H and O–H groups in total. The molecule has 0 rings (SSSR count). The fraction of sp³-hybridized carbons (Fsp3) is 1.00. The van der Waals surface area contributed by atoms with Crippen LogP contribution < -0.4 is 0 Å². The van der Waals surface area contributed by atoms with Crippen LogP contribution in [0.25, 0.3) is 0 Å². The molecule has 0 aromatic carbocycles. The van der Waals surface area contributed by atoms with Crippen LogP contribution in [0.15, 0.2) is 0 Å². The highest BCUT2D eigenvalue weighted by Gasteiger charge is 2.13. The fourth-order valence-electron chi connectivity index (χ4n) is 1.88. The molecule has 0 aliphatic rings. The lowest BCUT2D eigenvalue weighted by Gasteiger charge is -2.21. The van der Waals surface area contributed by atoms with Crippen LogP contribution >= 0.6 is 0 Å². The second-order valence-corrected chi connectivity index (χ2v) is 5.01. The van der Waals surface area contributed by atoms with E-state index in [1.165, 1.54) is 19.3 Å². The second-order valence-electron chi connectivity index (χ2n) is 5.01. The molecule has 0 aromatic heterocycles. The molecule has 1 unspecified atom stereocenters. The first-order valence-corrected chi connectivity index (χ1v) is 6.83. The zero-order valence-electron chi connectivity index (χ0n) is 11.8. The van der Waals surface area contributed by atoms with Crippen molar-refractivity contribution in [1.82, 2.24) is 0 Å². The Balaban J connectivity index is 3.67. The standard InChI is InChI=1S/C14H30O2/c1-6-15-14(16-7-2)11-13(5)10-8-9-12(3)4/h12-14H,6-11H2,1-5H3. The summed E-state index contributed by atoms with van der Waals surface area (Å²) in [6.45, 7) is 12.4. The van der Waals surface area contributed by atoms with E-state index in [1.54, 1.807) is 0 Å². The molecule has 2 heteroatoms. The van der Waals surface area contributed by atoms with Crippen LogP contribution in [-0.2, 0) is 9.47 Å². The summed E-state index contributed by atoms with van der Waals surface area (Å²) in [5.74, 6) is 1.52. The van der Waals surface area contributed by atoms with Crippen molar-refractivity contribution in [3.05, 3.63) is 0 Å². The number of hydrogen-bond acceptors (Lipinski definition) is 2. The van der Waals surface area contributed by atoms with Gasteiger partial charge in [-0.2, -0.15) is 0 Å². The Morgan fingerprint density at radius 3 is 1.88 bits per heavy atom. The third kappa shape index (κ3) is 9.17. The highest BCUT2D eigenvalue weighted by Crippen LogP contribution is 2.18. The zero-order valence-corrected chi connectivity index (χ0v) is 11.8. The molecule has 0 saturated carbocycles. The van der Waals surface area contributed by atoms with Crippen molar-refractivity contribution in [1.29, 1.82) is 0 Å². The van der Waals surface area contributed by atoms with Crippen molar-refractivity contribution < 1.29 is 9.47 Å². The summed E-state index contributed by atoms with van der Waals surface area (Å²) in [5.41, 5.74) is 0. The van der Waals surface area contributed by atoms with E-state index in [9.17, 15) is 0 Å². The predicted molar refractivity (Wildman–Crippen MR) is 69.5 cm³/mol. The van der Waals surface area contributed by atoms with Gasteiger partial charge >= 0.3 is 0 Å². The van der Waals surface area contributed by atoms with Gasteiger partial charge in [-0.3, -0.25) is 0 Å². The molecular formula is C14H30O2. The van der Waals surface area contributed by atoms with Crippen LogP contribution in [0.3, 0.4) is 0 Å². The number of hydrogen-bond donors (Lipinski definition) is 0. The first kappa shape index (κ1) is 15.9. The van der Waals surface area contributed by atoms with Crippen molar-refractivity contribution in [2.45, 2.75) is 66.6 Å². The van der Waals surface area contributed by atoms with E-state index in [2.05, 4.69) is 20.8 Å². The Morgan fingerprint density at radius 1 is 0.875 bits per heavy atom. The van der Waals surface area contributed by atoms with Gasteiger partial charge in [0.05, 0.1) is 0 Å². The Kier molecular flexibility index (Phi) is 10.0. The smallest absolute Gasteiger partial charge is 0.157 e. The van der Waals surface area contributed by atoms with Gasteiger partial charge in [0.15, 0.2) is 6.29 Å². The van der Waals surface area contributed by atoms with E-state index in [-0.39, 0.29) is 6.29 Å². The van der Waals surface area contributed by atoms with Gasteiger partial charge < -0.3 is 9.47 Å². The normalized spacial score (nSPS) is 13.7. The third-order valence-electron chi connectivity index (χ3n) is 2.78. The van der Waals surface area contributed by atoms with Crippen molar-refractivity contribution in [2.24, 2.45) is 11.8 Å². The van der Waals surface area contributed by atoms with Crippen molar-refractivity contribution in [3.8, 4) is 0 Å². The average molecular weight is 230 g/mol. The van der Waals surface area contributed by atoms with Crippen molar-refractivity contribution in [3.63, 3.8) is 0 Å². The lowest BCUT2D eigenvalue weighted by molar-refractivity contribution is -0.145. The third-order valence-corrected chi connectivity index (χ3v) is 2.78. The largest absolute Gasteiger partial charge is 0.353 e. The van der Waals surface area contributed by atoms with E-state index in [0.717, 1.165) is 25.6 Å². The quantitative estimate of drug-likeness (QED) is 0.523.